The first kappa shape index (κ1) is 14.5. The Bertz CT molecular complexity index is 469. The van der Waals surface area contributed by atoms with Gasteiger partial charge in [0, 0.05) is 12.7 Å². The van der Waals surface area contributed by atoms with E-state index in [1.54, 1.807) is 19.2 Å². The zero-order chi connectivity index (χ0) is 14.1. The van der Waals surface area contributed by atoms with Crippen molar-refractivity contribution in [3.8, 4) is 0 Å². The van der Waals surface area contributed by atoms with Crippen molar-refractivity contribution in [1.82, 2.24) is 0 Å². The van der Waals surface area contributed by atoms with Crippen LogP contribution in [0.3, 0.4) is 0 Å². The minimum Gasteiger partial charge on any atom is -0.370 e. The average Bonchev–Trinajstić information content (AvgIpc) is 2.39. The van der Waals surface area contributed by atoms with E-state index >= 15 is 0 Å². The van der Waals surface area contributed by atoms with Gasteiger partial charge in [-0.25, -0.2) is 0 Å². The predicted octanol–water partition coefficient (Wildman–Crippen LogP) is 4.51. The first-order valence-corrected chi connectivity index (χ1v) is 7.13. The highest BCUT2D eigenvalue weighted by atomic mass is 35.5. The highest BCUT2D eigenvalue weighted by molar-refractivity contribution is 6.34. The molecule has 1 fully saturated rings. The number of Topliss-reactive ketones (excluding diaryl/α,β-unsaturated/α-hetero) is 1. The molecule has 1 aliphatic rings. The number of methoxy groups -OCH3 is 1. The number of benzene rings is 1. The van der Waals surface area contributed by atoms with E-state index in [4.69, 9.17) is 16.3 Å². The number of carbonyl (C=O) groups excluding carboxylic acids is 1. The minimum absolute atomic E-state index is 0.0242. The quantitative estimate of drug-likeness (QED) is 0.762. The molecule has 1 aliphatic carbocycles. The van der Waals surface area contributed by atoms with E-state index in [1.807, 2.05) is 12.1 Å². The van der Waals surface area contributed by atoms with Crippen molar-refractivity contribution in [3.05, 3.63) is 34.9 Å². The highest BCUT2D eigenvalue weighted by Crippen LogP contribution is 2.43. The second-order valence-corrected chi connectivity index (χ2v) is 6.58. The van der Waals surface area contributed by atoms with Crippen molar-refractivity contribution in [2.24, 2.45) is 5.41 Å². The molecule has 0 aliphatic heterocycles. The van der Waals surface area contributed by atoms with Gasteiger partial charge < -0.3 is 4.74 Å². The number of ketones is 1. The molecule has 104 valence electrons. The zero-order valence-corrected chi connectivity index (χ0v) is 12.6. The number of carbonyl (C=O) groups is 1. The van der Waals surface area contributed by atoms with E-state index in [2.05, 4.69) is 13.8 Å². The van der Waals surface area contributed by atoms with Gasteiger partial charge in [-0.2, -0.15) is 0 Å². The second kappa shape index (κ2) is 5.26. The van der Waals surface area contributed by atoms with Crippen molar-refractivity contribution in [1.29, 1.82) is 0 Å². The van der Waals surface area contributed by atoms with Gasteiger partial charge in [0.05, 0.1) is 5.02 Å². The molecule has 19 heavy (non-hydrogen) atoms. The lowest BCUT2D eigenvalue weighted by Gasteiger charge is -2.41. The van der Waals surface area contributed by atoms with E-state index in [9.17, 15) is 4.79 Å². The number of hydrogen-bond donors (Lipinski definition) is 0. The van der Waals surface area contributed by atoms with Crippen molar-refractivity contribution in [2.75, 3.05) is 7.11 Å². The SMILES string of the molecule is COC1(C(=O)c2ccccc2Cl)CCC(C)(C)CC1. The molecule has 0 N–H and O–H groups in total. The lowest BCUT2D eigenvalue weighted by molar-refractivity contribution is -0.0382. The molecule has 1 aromatic rings. The monoisotopic (exact) mass is 280 g/mol. The Hall–Kier alpha value is -0.860. The van der Waals surface area contributed by atoms with Crippen LogP contribution in [0.15, 0.2) is 24.3 Å². The van der Waals surface area contributed by atoms with Crippen molar-refractivity contribution >= 4 is 17.4 Å². The van der Waals surface area contributed by atoms with Crippen LogP contribution in [-0.4, -0.2) is 18.5 Å². The molecular weight excluding hydrogens is 260 g/mol. The van der Waals surface area contributed by atoms with Crippen LogP contribution >= 0.6 is 11.6 Å². The van der Waals surface area contributed by atoms with Crippen LogP contribution in [0.25, 0.3) is 0 Å². The van der Waals surface area contributed by atoms with Crippen molar-refractivity contribution in [3.63, 3.8) is 0 Å². The summed E-state index contributed by atoms with van der Waals surface area (Å²) in [4.78, 5) is 12.8. The smallest absolute Gasteiger partial charge is 0.196 e. The van der Waals surface area contributed by atoms with E-state index < -0.39 is 5.60 Å². The summed E-state index contributed by atoms with van der Waals surface area (Å²) in [6, 6.07) is 7.22. The highest BCUT2D eigenvalue weighted by Gasteiger charge is 2.44. The average molecular weight is 281 g/mol. The first-order valence-electron chi connectivity index (χ1n) is 6.75. The Morgan fingerprint density at radius 1 is 1.16 bits per heavy atom. The molecule has 1 saturated carbocycles. The number of hydrogen-bond acceptors (Lipinski definition) is 2. The maximum atomic E-state index is 12.8. The van der Waals surface area contributed by atoms with E-state index in [0.717, 1.165) is 25.7 Å². The van der Waals surface area contributed by atoms with Crippen molar-refractivity contribution in [2.45, 2.75) is 45.1 Å². The largest absolute Gasteiger partial charge is 0.370 e. The third kappa shape index (κ3) is 2.85. The van der Waals surface area contributed by atoms with Gasteiger partial charge in [-0.05, 0) is 43.2 Å². The third-order valence-electron chi connectivity index (χ3n) is 4.33. The van der Waals surface area contributed by atoms with Gasteiger partial charge in [0.1, 0.15) is 5.60 Å². The Morgan fingerprint density at radius 3 is 2.26 bits per heavy atom. The Morgan fingerprint density at radius 2 is 1.74 bits per heavy atom. The minimum atomic E-state index is -0.694. The molecule has 0 atom stereocenters. The summed E-state index contributed by atoms with van der Waals surface area (Å²) in [5.41, 5.74) is 0.175. The molecule has 1 aromatic carbocycles. The lowest BCUT2D eigenvalue weighted by Crippen LogP contribution is -2.45. The standard InChI is InChI=1S/C16H21ClO2/c1-15(2)8-10-16(19-3,11-9-15)14(18)12-6-4-5-7-13(12)17/h4-7H,8-11H2,1-3H3. The molecule has 0 aromatic heterocycles. The molecule has 0 radical (unpaired) electrons. The molecule has 0 amide bonds. The summed E-state index contributed by atoms with van der Waals surface area (Å²) in [6.07, 6.45) is 3.52. The number of ether oxygens (including phenoxy) is 1. The maximum absolute atomic E-state index is 12.8. The summed E-state index contributed by atoms with van der Waals surface area (Å²) < 4.78 is 5.64. The lowest BCUT2D eigenvalue weighted by atomic mass is 9.68. The van der Waals surface area contributed by atoms with Crippen LogP contribution < -0.4 is 0 Å². The fourth-order valence-corrected chi connectivity index (χ4v) is 2.97. The molecular formula is C16H21ClO2. The second-order valence-electron chi connectivity index (χ2n) is 6.17. The van der Waals surface area contributed by atoms with Crippen LogP contribution in [0.4, 0.5) is 0 Å². The summed E-state index contributed by atoms with van der Waals surface area (Å²) in [7, 11) is 1.63. The third-order valence-corrected chi connectivity index (χ3v) is 4.66. The zero-order valence-electron chi connectivity index (χ0n) is 11.8. The Balaban J connectivity index is 2.28. The summed E-state index contributed by atoms with van der Waals surface area (Å²) in [5, 5.41) is 0.508. The molecule has 3 heteroatoms. The van der Waals surface area contributed by atoms with E-state index in [-0.39, 0.29) is 5.78 Å². The number of rotatable bonds is 3. The molecule has 0 saturated heterocycles. The fourth-order valence-electron chi connectivity index (χ4n) is 2.75. The van der Waals surface area contributed by atoms with Gasteiger partial charge in [-0.15, -0.1) is 0 Å². The van der Waals surface area contributed by atoms with Gasteiger partial charge in [-0.1, -0.05) is 37.6 Å². The molecule has 0 heterocycles. The predicted molar refractivity (Wildman–Crippen MR) is 77.8 cm³/mol. The normalized spacial score (nSPS) is 21.1. The Labute approximate surface area is 120 Å². The van der Waals surface area contributed by atoms with Gasteiger partial charge in [0.25, 0.3) is 0 Å². The topological polar surface area (TPSA) is 26.3 Å². The molecule has 0 unspecified atom stereocenters. The van der Waals surface area contributed by atoms with Crippen LogP contribution in [-0.2, 0) is 4.74 Å². The molecule has 0 spiro atoms. The Kier molecular flexibility index (Phi) is 4.03. The molecule has 2 nitrogen and oxygen atoms in total. The number of halogens is 1. The van der Waals surface area contributed by atoms with Crippen LogP contribution in [0.1, 0.15) is 49.9 Å². The summed E-state index contributed by atoms with van der Waals surface area (Å²) in [5.74, 6) is 0.0242. The van der Waals surface area contributed by atoms with E-state index in [1.165, 1.54) is 0 Å². The van der Waals surface area contributed by atoms with Crippen LogP contribution in [0.2, 0.25) is 5.02 Å². The first-order chi connectivity index (χ1) is 8.90. The fraction of sp³-hybridized carbons (Fsp3) is 0.562. The maximum Gasteiger partial charge on any atom is 0.196 e. The van der Waals surface area contributed by atoms with E-state index in [0.29, 0.717) is 16.0 Å². The van der Waals surface area contributed by atoms with Crippen LogP contribution in [0.5, 0.6) is 0 Å². The summed E-state index contributed by atoms with van der Waals surface area (Å²) in [6.45, 7) is 4.49. The van der Waals surface area contributed by atoms with Crippen LogP contribution in [0, 0.1) is 5.41 Å². The molecule has 2 rings (SSSR count). The molecule has 0 bridgehead atoms. The van der Waals surface area contributed by atoms with Gasteiger partial charge in [0.2, 0.25) is 0 Å². The summed E-state index contributed by atoms with van der Waals surface area (Å²) >= 11 is 6.14. The van der Waals surface area contributed by atoms with Gasteiger partial charge in [-0.3, -0.25) is 4.79 Å². The van der Waals surface area contributed by atoms with Crippen molar-refractivity contribution < 1.29 is 9.53 Å². The van der Waals surface area contributed by atoms with Gasteiger partial charge >= 0.3 is 0 Å². The van der Waals surface area contributed by atoms with Gasteiger partial charge in [0.15, 0.2) is 5.78 Å².